The van der Waals surface area contributed by atoms with Gasteiger partial charge >= 0.3 is 0 Å². The van der Waals surface area contributed by atoms with Crippen molar-refractivity contribution in [3.63, 3.8) is 0 Å². The highest BCUT2D eigenvalue weighted by Crippen LogP contribution is 2.23. The molecule has 13 heavy (non-hydrogen) atoms. The van der Waals surface area contributed by atoms with Gasteiger partial charge in [0, 0.05) is 4.90 Å². The van der Waals surface area contributed by atoms with Crippen molar-refractivity contribution in [3.05, 3.63) is 29.8 Å². The van der Waals surface area contributed by atoms with Crippen LogP contribution in [-0.4, -0.2) is 11.0 Å². The molecule has 1 nitrogen and oxygen atoms in total. The van der Waals surface area contributed by atoms with E-state index in [0.29, 0.717) is 0 Å². The van der Waals surface area contributed by atoms with Gasteiger partial charge in [-0.3, -0.25) is 4.79 Å². The highest BCUT2D eigenvalue weighted by Gasteiger charge is 2.08. The highest BCUT2D eigenvalue weighted by molar-refractivity contribution is 8.00. The van der Waals surface area contributed by atoms with Crippen molar-refractivity contribution in [1.29, 1.82) is 0 Å². The van der Waals surface area contributed by atoms with E-state index in [0.717, 1.165) is 4.90 Å². The first kappa shape index (κ1) is 10.3. The van der Waals surface area contributed by atoms with E-state index in [1.807, 2.05) is 6.92 Å². The predicted octanol–water partition coefficient (Wildman–Crippen LogP) is 3.06. The quantitative estimate of drug-likeness (QED) is 0.688. The fraction of sp³-hybridized carbons (Fsp3) is 0.364. The summed E-state index contributed by atoms with van der Waals surface area (Å²) < 4.78 is 0. The average molecular weight is 194 g/mol. The smallest absolute Gasteiger partial charge is 0.142 e. The largest absolute Gasteiger partial charge is 0.299 e. The summed E-state index contributed by atoms with van der Waals surface area (Å²) in [5.41, 5.74) is 1.25. The van der Waals surface area contributed by atoms with E-state index >= 15 is 0 Å². The van der Waals surface area contributed by atoms with E-state index in [2.05, 4.69) is 31.2 Å². The lowest BCUT2D eigenvalue weighted by Gasteiger charge is -2.06. The molecule has 0 amide bonds. The van der Waals surface area contributed by atoms with E-state index in [1.165, 1.54) is 5.56 Å². The van der Waals surface area contributed by atoms with Gasteiger partial charge in [0.05, 0.1) is 5.25 Å². The summed E-state index contributed by atoms with van der Waals surface area (Å²) in [6.07, 6.45) is 0. The second-order valence-corrected chi connectivity index (χ2v) is 4.60. The summed E-state index contributed by atoms with van der Waals surface area (Å²) in [4.78, 5) is 12.2. The minimum Gasteiger partial charge on any atom is -0.299 e. The Kier molecular flexibility index (Phi) is 3.55. The van der Waals surface area contributed by atoms with Crippen LogP contribution in [0, 0.1) is 6.92 Å². The summed E-state index contributed by atoms with van der Waals surface area (Å²) in [5.74, 6) is 0.227. The first-order valence-corrected chi connectivity index (χ1v) is 5.21. The van der Waals surface area contributed by atoms with E-state index in [-0.39, 0.29) is 11.0 Å². The second kappa shape index (κ2) is 4.47. The van der Waals surface area contributed by atoms with Crippen molar-refractivity contribution in [3.8, 4) is 0 Å². The zero-order valence-electron chi connectivity index (χ0n) is 8.20. The lowest BCUT2D eigenvalue weighted by Crippen LogP contribution is -2.07. The third kappa shape index (κ3) is 3.23. The van der Waals surface area contributed by atoms with Crippen LogP contribution in [-0.2, 0) is 4.79 Å². The number of aryl methyl sites for hydroxylation is 1. The van der Waals surface area contributed by atoms with Gasteiger partial charge in [0.2, 0.25) is 0 Å². The average Bonchev–Trinajstić information content (AvgIpc) is 2.08. The van der Waals surface area contributed by atoms with Crippen molar-refractivity contribution in [1.82, 2.24) is 0 Å². The number of carbonyl (C=O) groups is 1. The molecule has 0 heterocycles. The van der Waals surface area contributed by atoms with Crippen molar-refractivity contribution >= 4 is 17.5 Å². The summed E-state index contributed by atoms with van der Waals surface area (Å²) in [7, 11) is 0. The maximum atomic E-state index is 11.0. The number of thioether (sulfide) groups is 1. The topological polar surface area (TPSA) is 17.1 Å². The molecule has 1 rings (SSSR count). The Hall–Kier alpha value is -0.760. The maximum absolute atomic E-state index is 11.0. The van der Waals surface area contributed by atoms with Crippen LogP contribution >= 0.6 is 11.8 Å². The Morgan fingerprint density at radius 2 is 1.85 bits per heavy atom. The minimum atomic E-state index is 0.0581. The summed E-state index contributed by atoms with van der Waals surface area (Å²) in [5, 5.41) is 0.0581. The molecule has 0 aromatic heterocycles. The molecule has 0 N–H and O–H groups in total. The molecule has 0 spiro atoms. The number of rotatable bonds is 3. The molecule has 0 saturated carbocycles. The Bertz CT molecular complexity index is 289. The van der Waals surface area contributed by atoms with Crippen molar-refractivity contribution in [2.45, 2.75) is 30.9 Å². The van der Waals surface area contributed by atoms with Crippen molar-refractivity contribution in [2.75, 3.05) is 0 Å². The molecule has 0 saturated heterocycles. The first-order valence-electron chi connectivity index (χ1n) is 4.33. The number of benzene rings is 1. The van der Waals surface area contributed by atoms with E-state index < -0.39 is 0 Å². The summed E-state index contributed by atoms with van der Waals surface area (Å²) >= 11 is 1.61. The molecule has 1 aromatic rings. The number of carbonyl (C=O) groups excluding carboxylic acids is 1. The molecule has 70 valence electrons. The minimum absolute atomic E-state index is 0.0581. The zero-order chi connectivity index (χ0) is 9.84. The third-order valence-electron chi connectivity index (χ3n) is 1.91. The molecule has 0 aliphatic carbocycles. The van der Waals surface area contributed by atoms with Crippen molar-refractivity contribution in [2.24, 2.45) is 0 Å². The predicted molar refractivity (Wildman–Crippen MR) is 57.2 cm³/mol. The van der Waals surface area contributed by atoms with Gasteiger partial charge in [-0.1, -0.05) is 17.7 Å². The molecule has 0 fully saturated rings. The third-order valence-corrected chi connectivity index (χ3v) is 3.14. The number of ketones is 1. The van der Waals surface area contributed by atoms with Crippen LogP contribution in [0.1, 0.15) is 19.4 Å². The van der Waals surface area contributed by atoms with E-state index in [1.54, 1.807) is 18.7 Å². The SMILES string of the molecule is CC(=O)C(C)Sc1ccc(C)cc1. The van der Waals surface area contributed by atoms with Gasteiger partial charge in [0.15, 0.2) is 0 Å². The molecule has 0 aliphatic rings. The van der Waals surface area contributed by atoms with Crippen LogP contribution < -0.4 is 0 Å². The van der Waals surface area contributed by atoms with Gasteiger partial charge < -0.3 is 0 Å². The molecule has 1 aromatic carbocycles. The Morgan fingerprint density at radius 1 is 1.31 bits per heavy atom. The lowest BCUT2D eigenvalue weighted by atomic mass is 10.2. The van der Waals surface area contributed by atoms with Crippen LogP contribution in [0.2, 0.25) is 0 Å². The second-order valence-electron chi connectivity index (χ2n) is 3.18. The van der Waals surface area contributed by atoms with Crippen LogP contribution in [0.25, 0.3) is 0 Å². The fourth-order valence-corrected chi connectivity index (χ4v) is 1.77. The van der Waals surface area contributed by atoms with Gasteiger partial charge in [0.25, 0.3) is 0 Å². The Labute approximate surface area is 83.5 Å². The molecule has 0 aliphatic heterocycles. The number of hydrogen-bond acceptors (Lipinski definition) is 2. The summed E-state index contributed by atoms with van der Waals surface area (Å²) in [6.45, 7) is 5.63. The van der Waals surface area contributed by atoms with Crippen LogP contribution in [0.15, 0.2) is 29.2 Å². The molecular weight excluding hydrogens is 180 g/mol. The lowest BCUT2D eigenvalue weighted by molar-refractivity contribution is -0.116. The standard InChI is InChI=1S/C11H14OS/c1-8-4-6-11(7-5-8)13-10(3)9(2)12/h4-7,10H,1-3H3. The normalized spacial score (nSPS) is 12.5. The van der Waals surface area contributed by atoms with Gasteiger partial charge in [-0.05, 0) is 32.9 Å². The molecule has 0 radical (unpaired) electrons. The number of Topliss-reactive ketones (excluding diaryl/α,β-unsaturated/α-hetero) is 1. The monoisotopic (exact) mass is 194 g/mol. The van der Waals surface area contributed by atoms with E-state index in [4.69, 9.17) is 0 Å². The van der Waals surface area contributed by atoms with Crippen LogP contribution in [0.4, 0.5) is 0 Å². The van der Waals surface area contributed by atoms with E-state index in [9.17, 15) is 4.79 Å². The molecule has 1 unspecified atom stereocenters. The van der Waals surface area contributed by atoms with Gasteiger partial charge in [0.1, 0.15) is 5.78 Å². The zero-order valence-corrected chi connectivity index (χ0v) is 9.02. The van der Waals surface area contributed by atoms with Crippen LogP contribution in [0.3, 0.4) is 0 Å². The van der Waals surface area contributed by atoms with Gasteiger partial charge in [-0.2, -0.15) is 0 Å². The molecule has 2 heteroatoms. The molecular formula is C11H14OS. The fourth-order valence-electron chi connectivity index (χ4n) is 0.904. The highest BCUT2D eigenvalue weighted by atomic mass is 32.2. The van der Waals surface area contributed by atoms with Gasteiger partial charge in [-0.15, -0.1) is 11.8 Å². The van der Waals surface area contributed by atoms with Crippen LogP contribution in [0.5, 0.6) is 0 Å². The summed E-state index contributed by atoms with van der Waals surface area (Å²) in [6, 6.07) is 8.24. The van der Waals surface area contributed by atoms with Crippen molar-refractivity contribution < 1.29 is 4.79 Å². The first-order chi connectivity index (χ1) is 6.09. The Morgan fingerprint density at radius 3 is 2.31 bits per heavy atom. The van der Waals surface area contributed by atoms with Gasteiger partial charge in [-0.25, -0.2) is 0 Å². The Balaban J connectivity index is 2.64. The number of hydrogen-bond donors (Lipinski definition) is 0. The molecule has 0 bridgehead atoms. The maximum Gasteiger partial charge on any atom is 0.142 e. The molecule has 1 atom stereocenters.